The molecule has 1 aromatic heterocycles. The third kappa shape index (κ3) is 2.77. The van der Waals surface area contributed by atoms with Crippen LogP contribution < -0.4 is 4.74 Å². The van der Waals surface area contributed by atoms with Crippen molar-refractivity contribution in [1.29, 1.82) is 0 Å². The molecule has 0 radical (unpaired) electrons. The van der Waals surface area contributed by atoms with Crippen molar-refractivity contribution in [3.05, 3.63) is 66.5 Å². The van der Waals surface area contributed by atoms with Crippen LogP contribution in [0.15, 0.2) is 60.8 Å². The number of pyridine rings is 1. The van der Waals surface area contributed by atoms with Gasteiger partial charge in [0.15, 0.2) is 5.78 Å². The molecule has 0 atom stereocenters. The first-order valence-electron chi connectivity index (χ1n) is 6.93. The van der Waals surface area contributed by atoms with Crippen molar-refractivity contribution in [1.82, 2.24) is 4.98 Å². The minimum absolute atomic E-state index is 0.0340. The molecule has 3 heteroatoms. The molecule has 0 fully saturated rings. The Bertz CT molecular complexity index is 773. The predicted octanol–water partition coefficient (Wildman–Crippen LogP) is 4.62. The van der Waals surface area contributed by atoms with Crippen LogP contribution in [0.25, 0.3) is 10.8 Å². The standard InChI is InChI=1S/C18H15NO2/c1-2-17(20)16-11-10-14(12-19-16)21-18-9-5-7-13-6-3-4-8-15(13)18/h3-12H,2H2,1H3. The second-order valence-corrected chi connectivity index (χ2v) is 4.74. The Kier molecular flexibility index (Phi) is 3.65. The van der Waals surface area contributed by atoms with Gasteiger partial charge in [-0.25, -0.2) is 4.98 Å². The number of nitrogens with zero attached hydrogens (tertiary/aromatic N) is 1. The lowest BCUT2D eigenvalue weighted by Crippen LogP contribution is -1.99. The molecular formula is C18H15NO2. The van der Waals surface area contributed by atoms with Crippen LogP contribution in [0.2, 0.25) is 0 Å². The van der Waals surface area contributed by atoms with Crippen LogP contribution in [0.1, 0.15) is 23.8 Å². The number of ketones is 1. The van der Waals surface area contributed by atoms with E-state index in [0.717, 1.165) is 16.5 Å². The minimum atomic E-state index is 0.0340. The Balaban J connectivity index is 1.90. The first kappa shape index (κ1) is 13.3. The summed E-state index contributed by atoms with van der Waals surface area (Å²) < 4.78 is 5.89. The van der Waals surface area contributed by atoms with E-state index < -0.39 is 0 Å². The molecule has 0 saturated carbocycles. The summed E-state index contributed by atoms with van der Waals surface area (Å²) in [5, 5.41) is 2.18. The molecule has 3 nitrogen and oxygen atoms in total. The van der Waals surface area contributed by atoms with Gasteiger partial charge in [-0.15, -0.1) is 0 Å². The zero-order chi connectivity index (χ0) is 14.7. The molecule has 0 aliphatic rings. The number of aromatic nitrogens is 1. The van der Waals surface area contributed by atoms with Crippen molar-refractivity contribution in [3.63, 3.8) is 0 Å². The van der Waals surface area contributed by atoms with Crippen LogP contribution in [0.5, 0.6) is 11.5 Å². The van der Waals surface area contributed by atoms with E-state index in [9.17, 15) is 4.79 Å². The van der Waals surface area contributed by atoms with Crippen molar-refractivity contribution < 1.29 is 9.53 Å². The van der Waals surface area contributed by atoms with Gasteiger partial charge < -0.3 is 4.74 Å². The molecule has 0 saturated heterocycles. The summed E-state index contributed by atoms with van der Waals surface area (Å²) in [7, 11) is 0. The highest BCUT2D eigenvalue weighted by atomic mass is 16.5. The van der Waals surface area contributed by atoms with E-state index in [1.807, 2.05) is 49.4 Å². The van der Waals surface area contributed by atoms with Crippen LogP contribution in [-0.2, 0) is 0 Å². The molecule has 0 N–H and O–H groups in total. The number of fused-ring (bicyclic) bond motifs is 1. The Morgan fingerprint density at radius 1 is 1.05 bits per heavy atom. The van der Waals surface area contributed by atoms with Crippen molar-refractivity contribution in [3.8, 4) is 11.5 Å². The fourth-order valence-corrected chi connectivity index (χ4v) is 2.20. The Hall–Kier alpha value is -2.68. The second-order valence-electron chi connectivity index (χ2n) is 4.74. The summed E-state index contributed by atoms with van der Waals surface area (Å²) in [6.07, 6.45) is 2.04. The molecule has 0 spiro atoms. The van der Waals surface area contributed by atoms with Gasteiger partial charge in [-0.1, -0.05) is 43.3 Å². The summed E-state index contributed by atoms with van der Waals surface area (Å²) in [5.41, 5.74) is 0.475. The van der Waals surface area contributed by atoms with Crippen molar-refractivity contribution >= 4 is 16.6 Å². The molecule has 0 unspecified atom stereocenters. The summed E-state index contributed by atoms with van der Waals surface area (Å²) in [6, 6.07) is 17.5. The maximum Gasteiger partial charge on any atom is 0.180 e. The fourth-order valence-electron chi connectivity index (χ4n) is 2.20. The Morgan fingerprint density at radius 3 is 2.62 bits per heavy atom. The van der Waals surface area contributed by atoms with Gasteiger partial charge >= 0.3 is 0 Å². The van der Waals surface area contributed by atoms with Gasteiger partial charge in [-0.3, -0.25) is 4.79 Å². The van der Waals surface area contributed by atoms with E-state index in [0.29, 0.717) is 17.9 Å². The zero-order valence-corrected chi connectivity index (χ0v) is 11.7. The number of hydrogen-bond donors (Lipinski definition) is 0. The summed E-state index contributed by atoms with van der Waals surface area (Å²) in [6.45, 7) is 1.82. The van der Waals surface area contributed by atoms with Crippen molar-refractivity contribution in [2.24, 2.45) is 0 Å². The van der Waals surface area contributed by atoms with Crippen LogP contribution in [-0.4, -0.2) is 10.8 Å². The fraction of sp³-hybridized carbons (Fsp3) is 0.111. The first-order chi connectivity index (χ1) is 10.3. The smallest absolute Gasteiger partial charge is 0.180 e. The van der Waals surface area contributed by atoms with Gasteiger partial charge in [0.25, 0.3) is 0 Å². The molecule has 0 aliphatic carbocycles. The first-order valence-corrected chi connectivity index (χ1v) is 6.93. The lowest BCUT2D eigenvalue weighted by Gasteiger charge is -2.09. The van der Waals surface area contributed by atoms with Crippen LogP contribution >= 0.6 is 0 Å². The summed E-state index contributed by atoms with van der Waals surface area (Å²) in [5.74, 6) is 1.44. The van der Waals surface area contributed by atoms with Gasteiger partial charge in [0, 0.05) is 11.8 Å². The minimum Gasteiger partial charge on any atom is -0.455 e. The van der Waals surface area contributed by atoms with Gasteiger partial charge in [0.1, 0.15) is 17.2 Å². The molecule has 104 valence electrons. The summed E-state index contributed by atoms with van der Waals surface area (Å²) in [4.78, 5) is 15.7. The molecular weight excluding hydrogens is 262 g/mol. The highest BCUT2D eigenvalue weighted by Crippen LogP contribution is 2.29. The molecule has 2 aromatic carbocycles. The average Bonchev–Trinajstić information content (AvgIpc) is 2.55. The molecule has 1 heterocycles. The molecule has 0 bridgehead atoms. The molecule has 0 amide bonds. The lowest BCUT2D eigenvalue weighted by atomic mass is 10.1. The van der Waals surface area contributed by atoms with Gasteiger partial charge in [-0.05, 0) is 23.6 Å². The SMILES string of the molecule is CCC(=O)c1ccc(Oc2cccc3ccccc23)cn1. The molecule has 21 heavy (non-hydrogen) atoms. The van der Waals surface area contributed by atoms with Crippen molar-refractivity contribution in [2.45, 2.75) is 13.3 Å². The third-order valence-corrected chi connectivity index (χ3v) is 3.32. The zero-order valence-electron chi connectivity index (χ0n) is 11.7. The van der Waals surface area contributed by atoms with E-state index in [4.69, 9.17) is 4.74 Å². The highest BCUT2D eigenvalue weighted by Gasteiger charge is 2.06. The predicted molar refractivity (Wildman–Crippen MR) is 82.9 cm³/mol. The molecule has 0 aliphatic heterocycles. The topological polar surface area (TPSA) is 39.2 Å². The monoisotopic (exact) mass is 277 g/mol. The van der Waals surface area contributed by atoms with Gasteiger partial charge in [0.05, 0.1) is 6.20 Å². The molecule has 3 aromatic rings. The quantitative estimate of drug-likeness (QED) is 0.653. The maximum atomic E-state index is 11.6. The second kappa shape index (κ2) is 5.75. The van der Waals surface area contributed by atoms with Crippen molar-refractivity contribution in [2.75, 3.05) is 0 Å². The summed E-state index contributed by atoms with van der Waals surface area (Å²) >= 11 is 0. The normalized spacial score (nSPS) is 10.5. The van der Waals surface area contributed by atoms with Crippen LogP contribution in [0, 0.1) is 0 Å². The van der Waals surface area contributed by atoms with Crippen LogP contribution in [0.3, 0.4) is 0 Å². The van der Waals surface area contributed by atoms with E-state index in [1.54, 1.807) is 18.3 Å². The number of ether oxygens (including phenoxy) is 1. The Labute approximate surface area is 123 Å². The number of carbonyl (C=O) groups is 1. The Morgan fingerprint density at radius 2 is 1.86 bits per heavy atom. The van der Waals surface area contributed by atoms with E-state index in [1.165, 1.54) is 0 Å². The molecule has 3 rings (SSSR count). The number of carbonyl (C=O) groups excluding carboxylic acids is 1. The largest absolute Gasteiger partial charge is 0.455 e. The maximum absolute atomic E-state index is 11.6. The van der Waals surface area contributed by atoms with Gasteiger partial charge in [-0.2, -0.15) is 0 Å². The third-order valence-electron chi connectivity index (χ3n) is 3.32. The van der Waals surface area contributed by atoms with E-state index in [2.05, 4.69) is 4.98 Å². The van der Waals surface area contributed by atoms with E-state index in [-0.39, 0.29) is 5.78 Å². The number of rotatable bonds is 4. The number of hydrogen-bond acceptors (Lipinski definition) is 3. The number of Topliss-reactive ketones (excluding diaryl/α,β-unsaturated/α-hetero) is 1. The average molecular weight is 277 g/mol. The number of benzene rings is 2. The highest BCUT2D eigenvalue weighted by molar-refractivity contribution is 5.94. The van der Waals surface area contributed by atoms with E-state index >= 15 is 0 Å². The van der Waals surface area contributed by atoms with Crippen LogP contribution in [0.4, 0.5) is 0 Å². The van der Waals surface area contributed by atoms with Gasteiger partial charge in [0.2, 0.25) is 0 Å². The lowest BCUT2D eigenvalue weighted by molar-refractivity contribution is 0.0983.